The predicted octanol–water partition coefficient (Wildman–Crippen LogP) is 4.50. The van der Waals surface area contributed by atoms with Gasteiger partial charge in [0.15, 0.2) is 5.82 Å². The zero-order valence-electron chi connectivity index (χ0n) is 21.6. The monoisotopic (exact) mass is 489 g/mol. The lowest BCUT2D eigenvalue weighted by atomic mass is 10.1. The van der Waals surface area contributed by atoms with E-state index in [9.17, 15) is 9.90 Å². The van der Waals surface area contributed by atoms with E-state index in [1.165, 1.54) is 0 Å². The average Bonchev–Trinajstić information content (AvgIpc) is 2.76. The van der Waals surface area contributed by atoms with E-state index in [1.807, 2.05) is 43.1 Å². The SMILES string of the molecule is COCCN(C)c1cc(C(C)(C)SC(C)C)nc(-c2ccc(NC(=O)NC(C)(C)CO)cc2)n1. The molecular weight excluding hydrogens is 450 g/mol. The Kier molecular flexibility index (Phi) is 9.73. The summed E-state index contributed by atoms with van der Waals surface area (Å²) in [6, 6.07) is 9.11. The van der Waals surface area contributed by atoms with Gasteiger partial charge in [-0.3, -0.25) is 0 Å². The molecule has 8 nitrogen and oxygen atoms in total. The van der Waals surface area contributed by atoms with Gasteiger partial charge in [-0.25, -0.2) is 14.8 Å². The van der Waals surface area contributed by atoms with Gasteiger partial charge < -0.3 is 25.4 Å². The summed E-state index contributed by atoms with van der Waals surface area (Å²) in [5, 5.41) is 15.3. The quantitative estimate of drug-likeness (QED) is 0.427. The first kappa shape index (κ1) is 27.9. The molecule has 9 heteroatoms. The molecule has 2 aromatic rings. The maximum atomic E-state index is 12.2. The summed E-state index contributed by atoms with van der Waals surface area (Å²) >= 11 is 1.86. The second kappa shape index (κ2) is 11.9. The number of aliphatic hydroxyl groups is 1. The lowest BCUT2D eigenvalue weighted by Gasteiger charge is -2.28. The molecule has 0 unspecified atom stereocenters. The summed E-state index contributed by atoms with van der Waals surface area (Å²) in [7, 11) is 3.69. The van der Waals surface area contributed by atoms with Crippen molar-refractivity contribution in [3.8, 4) is 11.4 Å². The fourth-order valence-electron chi connectivity index (χ4n) is 3.27. The fourth-order valence-corrected chi connectivity index (χ4v) is 4.68. The van der Waals surface area contributed by atoms with Gasteiger partial charge in [0.25, 0.3) is 0 Å². The Bertz CT molecular complexity index is 948. The number of carbonyl (C=O) groups is 1. The number of amides is 2. The van der Waals surface area contributed by atoms with Gasteiger partial charge in [0.1, 0.15) is 5.82 Å². The molecule has 0 aliphatic heterocycles. The van der Waals surface area contributed by atoms with Crippen molar-refractivity contribution in [2.45, 2.75) is 57.1 Å². The zero-order chi connectivity index (χ0) is 25.5. The Morgan fingerprint density at radius 3 is 2.38 bits per heavy atom. The number of aromatic nitrogens is 2. The lowest BCUT2D eigenvalue weighted by Crippen LogP contribution is -2.48. The van der Waals surface area contributed by atoms with Crippen LogP contribution in [-0.2, 0) is 9.48 Å². The smallest absolute Gasteiger partial charge is 0.319 e. The van der Waals surface area contributed by atoms with Crippen molar-refractivity contribution in [2.24, 2.45) is 0 Å². The van der Waals surface area contributed by atoms with Crippen LogP contribution in [-0.4, -0.2) is 65.8 Å². The normalized spacial score (nSPS) is 12.1. The highest BCUT2D eigenvalue weighted by atomic mass is 32.2. The summed E-state index contributed by atoms with van der Waals surface area (Å²) in [5.74, 6) is 1.47. The molecule has 0 aliphatic carbocycles. The number of thioether (sulfide) groups is 1. The molecular formula is C25H39N5O3S. The maximum absolute atomic E-state index is 12.2. The van der Waals surface area contributed by atoms with Gasteiger partial charge in [0.05, 0.1) is 29.2 Å². The van der Waals surface area contributed by atoms with Crippen molar-refractivity contribution in [1.29, 1.82) is 0 Å². The minimum absolute atomic E-state index is 0.153. The summed E-state index contributed by atoms with van der Waals surface area (Å²) < 4.78 is 5.05. The number of nitrogens with zero attached hydrogens (tertiary/aromatic N) is 3. The largest absolute Gasteiger partial charge is 0.394 e. The molecule has 0 radical (unpaired) electrons. The van der Waals surface area contributed by atoms with Crippen LogP contribution >= 0.6 is 11.8 Å². The summed E-state index contributed by atoms with van der Waals surface area (Å²) in [6.45, 7) is 13.4. The molecule has 0 bridgehead atoms. The Labute approximate surface area is 207 Å². The lowest BCUT2D eigenvalue weighted by molar-refractivity contribution is 0.187. The third kappa shape index (κ3) is 8.14. The number of carbonyl (C=O) groups excluding carboxylic acids is 1. The number of hydrogen-bond acceptors (Lipinski definition) is 7. The van der Waals surface area contributed by atoms with Gasteiger partial charge >= 0.3 is 6.03 Å². The Hall–Kier alpha value is -2.36. The fraction of sp³-hybridized carbons (Fsp3) is 0.560. The van der Waals surface area contributed by atoms with Gasteiger partial charge in [-0.1, -0.05) is 13.8 Å². The number of nitrogens with one attached hydrogen (secondary N) is 2. The zero-order valence-corrected chi connectivity index (χ0v) is 22.4. The third-order valence-electron chi connectivity index (χ3n) is 5.13. The highest BCUT2D eigenvalue weighted by molar-refractivity contribution is 8.00. The first-order valence-corrected chi connectivity index (χ1v) is 12.3. The molecule has 1 aromatic carbocycles. The number of urea groups is 1. The van der Waals surface area contributed by atoms with Crippen LogP contribution in [0.15, 0.2) is 30.3 Å². The Morgan fingerprint density at radius 2 is 1.82 bits per heavy atom. The van der Waals surface area contributed by atoms with Crippen LogP contribution in [0.1, 0.15) is 47.2 Å². The molecule has 1 heterocycles. The van der Waals surface area contributed by atoms with Crippen molar-refractivity contribution in [2.75, 3.05) is 44.1 Å². The summed E-state index contributed by atoms with van der Waals surface area (Å²) in [4.78, 5) is 24.0. The minimum Gasteiger partial charge on any atom is -0.394 e. The van der Waals surface area contributed by atoms with Gasteiger partial charge in [0.2, 0.25) is 0 Å². The number of benzene rings is 1. The van der Waals surface area contributed by atoms with Crippen LogP contribution in [0.3, 0.4) is 0 Å². The average molecular weight is 490 g/mol. The number of ether oxygens (including phenoxy) is 1. The van der Waals surface area contributed by atoms with E-state index in [1.54, 1.807) is 21.0 Å². The standard InChI is InChI=1S/C25H39N5O3S/c1-17(2)34-25(5,6)20-15-21(30(7)13-14-33-8)28-22(27-20)18-9-11-19(12-10-18)26-23(32)29-24(3,4)16-31/h9-12,15,17,31H,13-14,16H2,1-8H3,(H2,26,29,32). The first-order chi connectivity index (χ1) is 15.9. The van der Waals surface area contributed by atoms with E-state index in [2.05, 4.69) is 49.3 Å². The molecule has 2 rings (SSSR count). The van der Waals surface area contributed by atoms with Crippen LogP contribution in [0, 0.1) is 0 Å². The molecule has 0 spiro atoms. The van der Waals surface area contributed by atoms with Gasteiger partial charge in [0, 0.05) is 38.0 Å². The minimum atomic E-state index is -0.704. The van der Waals surface area contributed by atoms with Crippen LogP contribution in [0.4, 0.5) is 16.3 Å². The number of likely N-dealkylation sites (N-methyl/N-ethyl adjacent to an activating group) is 1. The highest BCUT2D eigenvalue weighted by Gasteiger charge is 2.27. The van der Waals surface area contributed by atoms with E-state index in [-0.39, 0.29) is 17.4 Å². The second-order valence-electron chi connectivity index (χ2n) is 9.72. The molecule has 34 heavy (non-hydrogen) atoms. The number of anilines is 2. The van der Waals surface area contributed by atoms with Crippen molar-refractivity contribution in [3.63, 3.8) is 0 Å². The molecule has 2 amide bonds. The van der Waals surface area contributed by atoms with Crippen LogP contribution in [0.2, 0.25) is 0 Å². The highest BCUT2D eigenvalue weighted by Crippen LogP contribution is 2.39. The number of rotatable bonds is 11. The molecule has 188 valence electrons. The first-order valence-electron chi connectivity index (χ1n) is 11.4. The van der Waals surface area contributed by atoms with Crippen molar-refractivity contribution in [1.82, 2.24) is 15.3 Å². The van der Waals surface area contributed by atoms with E-state index >= 15 is 0 Å². The topological polar surface area (TPSA) is 99.6 Å². The van der Waals surface area contributed by atoms with Crippen LogP contribution in [0.25, 0.3) is 11.4 Å². The van der Waals surface area contributed by atoms with E-state index in [0.29, 0.717) is 29.9 Å². The second-order valence-corrected chi connectivity index (χ2v) is 11.9. The molecule has 1 aromatic heterocycles. The van der Waals surface area contributed by atoms with Crippen molar-refractivity contribution in [3.05, 3.63) is 36.0 Å². The Balaban J connectivity index is 2.35. The van der Waals surface area contributed by atoms with E-state index in [4.69, 9.17) is 14.7 Å². The van der Waals surface area contributed by atoms with E-state index < -0.39 is 5.54 Å². The van der Waals surface area contributed by atoms with Crippen molar-refractivity contribution < 1.29 is 14.6 Å². The molecule has 0 aliphatic rings. The van der Waals surface area contributed by atoms with Gasteiger partial charge in [-0.05, 0) is 57.2 Å². The van der Waals surface area contributed by atoms with Crippen molar-refractivity contribution >= 4 is 29.3 Å². The molecule has 0 atom stereocenters. The van der Waals surface area contributed by atoms with E-state index in [0.717, 1.165) is 17.1 Å². The number of aliphatic hydroxyl groups excluding tert-OH is 1. The van der Waals surface area contributed by atoms with Crippen LogP contribution in [0.5, 0.6) is 0 Å². The summed E-state index contributed by atoms with van der Waals surface area (Å²) in [6.07, 6.45) is 0. The molecule has 0 saturated heterocycles. The molecule has 0 saturated carbocycles. The predicted molar refractivity (Wildman–Crippen MR) is 142 cm³/mol. The third-order valence-corrected chi connectivity index (χ3v) is 6.40. The summed E-state index contributed by atoms with van der Waals surface area (Å²) in [5.41, 5.74) is 1.75. The number of hydrogen-bond donors (Lipinski definition) is 3. The maximum Gasteiger partial charge on any atom is 0.319 e. The van der Waals surface area contributed by atoms with Gasteiger partial charge in [-0.15, -0.1) is 11.8 Å². The Morgan fingerprint density at radius 1 is 1.18 bits per heavy atom. The van der Waals surface area contributed by atoms with Crippen LogP contribution < -0.4 is 15.5 Å². The van der Waals surface area contributed by atoms with Gasteiger partial charge in [-0.2, -0.15) is 0 Å². The number of methoxy groups -OCH3 is 1. The molecule has 3 N–H and O–H groups in total. The molecule has 0 fully saturated rings.